The zero-order valence-electron chi connectivity index (χ0n) is 15.8. The number of halogens is 3. The van der Waals surface area contributed by atoms with E-state index in [4.69, 9.17) is 5.73 Å². The molecule has 0 unspecified atom stereocenters. The van der Waals surface area contributed by atoms with Gasteiger partial charge in [0.1, 0.15) is 12.1 Å². The molecule has 2 aliphatic heterocycles. The second kappa shape index (κ2) is 8.42. The molecule has 4 amide bonds. The SMILES string of the molecule is N[C@@H](Cc1cnc(C(F)(F)F)[nH]1)C(=O)N1CCC[C@H]1C(=O)NC(=O)[C@@H]1CCC(=O)N1. The molecule has 3 heterocycles. The van der Waals surface area contributed by atoms with E-state index in [9.17, 15) is 32.3 Å². The number of aromatic nitrogens is 2. The third-order valence-electron chi connectivity index (χ3n) is 5.05. The Morgan fingerprint density at radius 2 is 2.03 bits per heavy atom. The second-order valence-electron chi connectivity index (χ2n) is 7.27. The number of carbonyl (C=O) groups excluding carboxylic acids is 4. The van der Waals surface area contributed by atoms with Gasteiger partial charge in [0.25, 0.3) is 0 Å². The summed E-state index contributed by atoms with van der Waals surface area (Å²) in [7, 11) is 0. The number of rotatable bonds is 5. The van der Waals surface area contributed by atoms with Crippen LogP contribution in [0, 0.1) is 0 Å². The molecule has 0 saturated carbocycles. The van der Waals surface area contributed by atoms with Crippen LogP contribution in [0.5, 0.6) is 0 Å². The van der Waals surface area contributed by atoms with E-state index in [1.807, 2.05) is 0 Å². The molecule has 0 aromatic carbocycles. The van der Waals surface area contributed by atoms with E-state index in [1.54, 1.807) is 0 Å². The van der Waals surface area contributed by atoms with Crippen LogP contribution in [0.25, 0.3) is 0 Å². The number of alkyl halides is 3. The van der Waals surface area contributed by atoms with E-state index in [2.05, 4.69) is 20.6 Å². The van der Waals surface area contributed by atoms with Crippen molar-refractivity contribution in [2.75, 3.05) is 6.54 Å². The van der Waals surface area contributed by atoms with Crippen molar-refractivity contribution >= 4 is 23.6 Å². The Kier molecular flexibility index (Phi) is 6.10. The molecular formula is C17H21F3N6O4. The van der Waals surface area contributed by atoms with Crippen LogP contribution in [0.1, 0.15) is 37.2 Å². The van der Waals surface area contributed by atoms with Gasteiger partial charge in [-0.15, -0.1) is 0 Å². The molecule has 2 saturated heterocycles. The lowest BCUT2D eigenvalue weighted by molar-refractivity contribution is -0.144. The number of nitrogens with one attached hydrogen (secondary N) is 3. The highest BCUT2D eigenvalue weighted by Gasteiger charge is 2.39. The topological polar surface area (TPSA) is 150 Å². The van der Waals surface area contributed by atoms with E-state index in [0.29, 0.717) is 12.8 Å². The molecule has 2 fully saturated rings. The number of nitrogens with two attached hydrogens (primary N) is 1. The van der Waals surface area contributed by atoms with Crippen LogP contribution in [-0.2, 0) is 31.8 Å². The van der Waals surface area contributed by atoms with Gasteiger partial charge in [-0.2, -0.15) is 13.2 Å². The lowest BCUT2D eigenvalue weighted by Gasteiger charge is -2.26. The van der Waals surface area contributed by atoms with Gasteiger partial charge in [0.2, 0.25) is 29.5 Å². The Labute approximate surface area is 168 Å². The normalized spacial score (nSPS) is 22.7. The number of carbonyl (C=O) groups is 4. The molecule has 0 aliphatic carbocycles. The average molecular weight is 430 g/mol. The first kappa shape index (κ1) is 21.7. The van der Waals surface area contributed by atoms with Crippen LogP contribution in [-0.4, -0.2) is 63.2 Å². The molecule has 5 N–H and O–H groups in total. The largest absolute Gasteiger partial charge is 0.449 e. The minimum absolute atomic E-state index is 0.0375. The minimum atomic E-state index is -4.64. The van der Waals surface area contributed by atoms with Gasteiger partial charge in [-0.3, -0.25) is 24.5 Å². The van der Waals surface area contributed by atoms with Crippen molar-refractivity contribution in [1.82, 2.24) is 25.5 Å². The van der Waals surface area contributed by atoms with Crippen LogP contribution in [0.3, 0.4) is 0 Å². The molecular weight excluding hydrogens is 409 g/mol. The fourth-order valence-corrected chi connectivity index (χ4v) is 3.55. The summed E-state index contributed by atoms with van der Waals surface area (Å²) in [6.45, 7) is 0.232. The first-order valence-corrected chi connectivity index (χ1v) is 9.37. The van der Waals surface area contributed by atoms with E-state index < -0.39 is 47.8 Å². The molecule has 164 valence electrons. The number of likely N-dealkylation sites (tertiary alicyclic amines) is 1. The summed E-state index contributed by atoms with van der Waals surface area (Å²) in [4.78, 5) is 55.0. The number of hydrogen-bond donors (Lipinski definition) is 4. The van der Waals surface area contributed by atoms with Gasteiger partial charge in [-0.05, 0) is 19.3 Å². The summed E-state index contributed by atoms with van der Waals surface area (Å²) < 4.78 is 37.9. The summed E-state index contributed by atoms with van der Waals surface area (Å²) in [5.74, 6) is -3.41. The first-order chi connectivity index (χ1) is 14.1. The minimum Gasteiger partial charge on any atom is -0.344 e. The number of amides is 4. The molecule has 3 atom stereocenters. The first-order valence-electron chi connectivity index (χ1n) is 9.37. The molecule has 1 aromatic heterocycles. The van der Waals surface area contributed by atoms with Gasteiger partial charge in [-0.25, -0.2) is 4.98 Å². The third kappa shape index (κ3) is 4.78. The van der Waals surface area contributed by atoms with Crippen molar-refractivity contribution in [1.29, 1.82) is 0 Å². The smallest absolute Gasteiger partial charge is 0.344 e. The van der Waals surface area contributed by atoms with E-state index in [1.165, 1.54) is 4.90 Å². The fraction of sp³-hybridized carbons (Fsp3) is 0.588. The molecule has 10 nitrogen and oxygen atoms in total. The fourth-order valence-electron chi connectivity index (χ4n) is 3.55. The molecule has 0 radical (unpaired) electrons. The Bertz CT molecular complexity index is 855. The number of aromatic amines is 1. The summed E-state index contributed by atoms with van der Waals surface area (Å²) in [5.41, 5.74) is 5.90. The lowest BCUT2D eigenvalue weighted by atomic mass is 10.1. The predicted molar refractivity (Wildman–Crippen MR) is 94.3 cm³/mol. The summed E-state index contributed by atoms with van der Waals surface area (Å²) in [6.07, 6.45) is -2.61. The van der Waals surface area contributed by atoms with Gasteiger partial charge >= 0.3 is 6.18 Å². The monoisotopic (exact) mass is 430 g/mol. The molecule has 3 rings (SSSR count). The van der Waals surface area contributed by atoms with Gasteiger partial charge in [-0.1, -0.05) is 0 Å². The Balaban J connectivity index is 1.59. The molecule has 13 heteroatoms. The second-order valence-corrected chi connectivity index (χ2v) is 7.27. The van der Waals surface area contributed by atoms with Crippen molar-refractivity contribution in [2.24, 2.45) is 5.73 Å². The van der Waals surface area contributed by atoms with Crippen LogP contribution < -0.4 is 16.4 Å². The maximum atomic E-state index is 12.7. The van der Waals surface area contributed by atoms with E-state index in [0.717, 1.165) is 6.20 Å². The number of imidazole rings is 1. The van der Waals surface area contributed by atoms with Crippen molar-refractivity contribution in [3.05, 3.63) is 17.7 Å². The van der Waals surface area contributed by atoms with Gasteiger partial charge < -0.3 is 20.9 Å². The molecule has 30 heavy (non-hydrogen) atoms. The van der Waals surface area contributed by atoms with Crippen molar-refractivity contribution in [3.8, 4) is 0 Å². The summed E-state index contributed by atoms with van der Waals surface area (Å²) >= 11 is 0. The number of nitrogens with zero attached hydrogens (tertiary/aromatic N) is 2. The van der Waals surface area contributed by atoms with Crippen LogP contribution in [0.4, 0.5) is 13.2 Å². The Morgan fingerprint density at radius 3 is 2.63 bits per heavy atom. The zero-order valence-corrected chi connectivity index (χ0v) is 15.8. The van der Waals surface area contributed by atoms with Crippen LogP contribution >= 0.6 is 0 Å². The number of hydrogen-bond acceptors (Lipinski definition) is 6. The van der Waals surface area contributed by atoms with E-state index >= 15 is 0 Å². The van der Waals surface area contributed by atoms with Gasteiger partial charge in [0.15, 0.2) is 0 Å². The van der Waals surface area contributed by atoms with Gasteiger partial charge in [0.05, 0.1) is 6.04 Å². The Hall–Kier alpha value is -2.96. The van der Waals surface area contributed by atoms with Crippen molar-refractivity contribution < 1.29 is 32.3 Å². The van der Waals surface area contributed by atoms with E-state index in [-0.39, 0.29) is 37.4 Å². The predicted octanol–water partition coefficient (Wildman–Crippen LogP) is -0.789. The maximum absolute atomic E-state index is 12.7. The zero-order chi connectivity index (χ0) is 22.1. The Morgan fingerprint density at radius 1 is 1.30 bits per heavy atom. The highest BCUT2D eigenvalue weighted by atomic mass is 19.4. The maximum Gasteiger partial charge on any atom is 0.449 e. The van der Waals surface area contributed by atoms with Crippen molar-refractivity contribution in [2.45, 2.75) is 56.4 Å². The lowest BCUT2D eigenvalue weighted by Crippen LogP contribution is -2.54. The van der Waals surface area contributed by atoms with Crippen LogP contribution in [0.15, 0.2) is 6.20 Å². The number of H-pyrrole nitrogens is 1. The molecule has 0 bridgehead atoms. The molecule has 1 aromatic rings. The third-order valence-corrected chi connectivity index (χ3v) is 5.05. The highest BCUT2D eigenvalue weighted by Crippen LogP contribution is 2.26. The highest BCUT2D eigenvalue weighted by molar-refractivity contribution is 6.03. The van der Waals surface area contributed by atoms with Crippen LogP contribution in [0.2, 0.25) is 0 Å². The summed E-state index contributed by atoms with van der Waals surface area (Å²) in [6, 6.07) is -2.90. The molecule has 2 aliphatic rings. The van der Waals surface area contributed by atoms with Gasteiger partial charge in [0, 0.05) is 31.3 Å². The van der Waals surface area contributed by atoms with Crippen molar-refractivity contribution in [3.63, 3.8) is 0 Å². The average Bonchev–Trinajstić information content (AvgIpc) is 3.40. The number of imide groups is 1. The molecule has 0 spiro atoms. The quantitative estimate of drug-likeness (QED) is 0.450. The standard InChI is InChI=1S/C17H21F3N6O4/c18-17(19,20)16-22-7-8(23-16)6-9(21)15(30)26-5-1-2-11(26)14(29)25-13(28)10-3-4-12(27)24-10/h7,9-11H,1-6,21H2,(H,22,23)(H,24,27)(H,25,28,29)/t9-,10-,11-/m0/s1. The summed E-state index contributed by atoms with van der Waals surface area (Å²) in [5, 5.41) is 4.66.